The predicted octanol–water partition coefficient (Wildman–Crippen LogP) is 2.04. The van der Waals surface area contributed by atoms with Crippen LogP contribution in [0.3, 0.4) is 0 Å². The zero-order chi connectivity index (χ0) is 14.9. The maximum absolute atomic E-state index is 12.5. The van der Waals surface area contributed by atoms with Gasteiger partial charge in [0.1, 0.15) is 11.3 Å². The Kier molecular flexibility index (Phi) is 3.53. The quantitative estimate of drug-likeness (QED) is 0.675. The summed E-state index contributed by atoms with van der Waals surface area (Å²) >= 11 is 0. The molecule has 2 rings (SSSR count). The van der Waals surface area contributed by atoms with Gasteiger partial charge in [0.2, 0.25) is 0 Å². The van der Waals surface area contributed by atoms with E-state index in [1.807, 2.05) is 0 Å². The van der Waals surface area contributed by atoms with Crippen LogP contribution in [0.25, 0.3) is 0 Å². The summed E-state index contributed by atoms with van der Waals surface area (Å²) in [5, 5.41) is 2.74. The molecule has 1 aromatic carbocycles. The molecule has 0 spiro atoms. The smallest absolute Gasteiger partial charge is 0.325 e. The molecule has 1 aromatic rings. The molecule has 0 aliphatic carbocycles. The van der Waals surface area contributed by atoms with E-state index < -0.39 is 11.6 Å². The summed E-state index contributed by atoms with van der Waals surface area (Å²) in [5.74, 6) is 0.434. The summed E-state index contributed by atoms with van der Waals surface area (Å²) in [6.45, 7) is 7.46. The number of carbonyl (C=O) groups is 2. The minimum atomic E-state index is -1.04. The van der Waals surface area contributed by atoms with E-state index in [4.69, 9.17) is 4.74 Å². The van der Waals surface area contributed by atoms with Gasteiger partial charge in [-0.3, -0.25) is 9.69 Å². The fourth-order valence-corrected chi connectivity index (χ4v) is 2.23. The third-order valence-corrected chi connectivity index (χ3v) is 3.37. The molecule has 5 heteroatoms. The van der Waals surface area contributed by atoms with Crippen molar-refractivity contribution in [2.24, 2.45) is 0 Å². The first-order valence-corrected chi connectivity index (χ1v) is 6.31. The Hall–Kier alpha value is -2.30. The molecule has 1 saturated heterocycles. The minimum absolute atomic E-state index is 0.233. The molecular formula is C15H18N2O3. The Morgan fingerprint density at radius 3 is 2.45 bits per heavy atom. The van der Waals surface area contributed by atoms with Crippen LogP contribution in [-0.4, -0.2) is 30.5 Å². The van der Waals surface area contributed by atoms with E-state index >= 15 is 0 Å². The number of methoxy groups -OCH3 is 1. The van der Waals surface area contributed by atoms with E-state index in [2.05, 4.69) is 11.9 Å². The molecule has 106 valence electrons. The van der Waals surface area contributed by atoms with Gasteiger partial charge in [-0.1, -0.05) is 24.3 Å². The van der Waals surface area contributed by atoms with Crippen molar-refractivity contribution in [3.63, 3.8) is 0 Å². The summed E-state index contributed by atoms with van der Waals surface area (Å²) in [6, 6.07) is 6.70. The molecule has 0 saturated carbocycles. The summed E-state index contributed by atoms with van der Waals surface area (Å²) < 4.78 is 5.09. The number of rotatable bonds is 4. The van der Waals surface area contributed by atoms with Crippen molar-refractivity contribution in [2.45, 2.75) is 19.4 Å². The Morgan fingerprint density at radius 2 is 1.95 bits per heavy atom. The zero-order valence-electron chi connectivity index (χ0n) is 11.9. The highest BCUT2D eigenvalue weighted by molar-refractivity contribution is 6.07. The lowest BCUT2D eigenvalue weighted by Gasteiger charge is -2.22. The molecule has 1 unspecified atom stereocenters. The summed E-state index contributed by atoms with van der Waals surface area (Å²) in [4.78, 5) is 25.6. The van der Waals surface area contributed by atoms with E-state index in [9.17, 15) is 9.59 Å². The van der Waals surface area contributed by atoms with Crippen molar-refractivity contribution in [1.82, 2.24) is 10.2 Å². The Labute approximate surface area is 118 Å². The molecule has 1 N–H and O–H groups in total. The van der Waals surface area contributed by atoms with Gasteiger partial charge in [-0.05, 0) is 31.5 Å². The van der Waals surface area contributed by atoms with E-state index in [0.717, 1.165) is 11.1 Å². The topological polar surface area (TPSA) is 58.6 Å². The van der Waals surface area contributed by atoms with Crippen LogP contribution < -0.4 is 10.1 Å². The molecule has 1 fully saturated rings. The van der Waals surface area contributed by atoms with Crippen LogP contribution in [0.5, 0.6) is 5.75 Å². The van der Waals surface area contributed by atoms with Crippen molar-refractivity contribution >= 4 is 11.9 Å². The van der Waals surface area contributed by atoms with Crippen LogP contribution in [0.15, 0.2) is 36.4 Å². The number of nitrogens with zero attached hydrogens (tertiary/aromatic N) is 1. The van der Waals surface area contributed by atoms with Gasteiger partial charge in [0.05, 0.1) is 13.7 Å². The van der Waals surface area contributed by atoms with Gasteiger partial charge in [-0.25, -0.2) is 4.79 Å². The summed E-state index contributed by atoms with van der Waals surface area (Å²) in [6.07, 6.45) is 0. The van der Waals surface area contributed by atoms with Gasteiger partial charge in [-0.15, -0.1) is 0 Å². The van der Waals surface area contributed by atoms with E-state index in [1.165, 1.54) is 4.90 Å². The Morgan fingerprint density at radius 1 is 1.35 bits per heavy atom. The lowest BCUT2D eigenvalue weighted by molar-refractivity contribution is -0.130. The van der Waals surface area contributed by atoms with Gasteiger partial charge < -0.3 is 10.1 Å². The molecule has 1 aliphatic rings. The van der Waals surface area contributed by atoms with Gasteiger partial charge in [-0.2, -0.15) is 0 Å². The third-order valence-electron chi connectivity index (χ3n) is 3.37. The van der Waals surface area contributed by atoms with Crippen LogP contribution in [-0.2, 0) is 10.3 Å². The number of hydrogen-bond acceptors (Lipinski definition) is 3. The van der Waals surface area contributed by atoms with Crippen LogP contribution in [0, 0.1) is 0 Å². The molecule has 0 bridgehead atoms. The largest absolute Gasteiger partial charge is 0.497 e. The van der Waals surface area contributed by atoms with Crippen LogP contribution in [0.1, 0.15) is 19.4 Å². The molecule has 5 nitrogen and oxygen atoms in total. The number of amides is 3. The maximum Gasteiger partial charge on any atom is 0.325 e. The monoisotopic (exact) mass is 274 g/mol. The van der Waals surface area contributed by atoms with Crippen molar-refractivity contribution < 1.29 is 14.3 Å². The van der Waals surface area contributed by atoms with E-state index in [1.54, 1.807) is 45.2 Å². The number of imide groups is 1. The van der Waals surface area contributed by atoms with E-state index in [0.29, 0.717) is 5.75 Å². The van der Waals surface area contributed by atoms with Crippen molar-refractivity contribution in [3.8, 4) is 5.75 Å². The predicted molar refractivity (Wildman–Crippen MR) is 75.4 cm³/mol. The summed E-state index contributed by atoms with van der Waals surface area (Å²) in [5.41, 5.74) is 0.437. The first-order valence-electron chi connectivity index (χ1n) is 6.31. The first-order chi connectivity index (χ1) is 9.38. The molecule has 3 amide bonds. The number of benzene rings is 1. The second kappa shape index (κ2) is 5.00. The molecule has 1 aliphatic heterocycles. The van der Waals surface area contributed by atoms with Gasteiger partial charge >= 0.3 is 6.03 Å². The molecule has 1 atom stereocenters. The fourth-order valence-electron chi connectivity index (χ4n) is 2.23. The fraction of sp³-hybridized carbons (Fsp3) is 0.333. The SMILES string of the molecule is C=C(C)CN1C(=O)NC(C)(c2ccc(OC)cc2)C1=O. The summed E-state index contributed by atoms with van der Waals surface area (Å²) in [7, 11) is 1.58. The highest BCUT2D eigenvalue weighted by Gasteiger charge is 2.48. The lowest BCUT2D eigenvalue weighted by Crippen LogP contribution is -2.41. The third kappa shape index (κ3) is 2.27. The Balaban J connectivity index is 2.32. The van der Waals surface area contributed by atoms with Gasteiger partial charge in [0.15, 0.2) is 0 Å². The van der Waals surface area contributed by atoms with Gasteiger partial charge in [0, 0.05) is 0 Å². The standard InChI is InChI=1S/C15H18N2O3/c1-10(2)9-17-13(18)15(3,16-14(17)19)11-5-7-12(20-4)8-6-11/h5-8H,1,9H2,2-4H3,(H,16,19). The molecular weight excluding hydrogens is 256 g/mol. The number of ether oxygens (including phenoxy) is 1. The van der Waals surface area contributed by atoms with E-state index in [-0.39, 0.29) is 12.5 Å². The minimum Gasteiger partial charge on any atom is -0.497 e. The average Bonchev–Trinajstić information content (AvgIpc) is 2.63. The van der Waals surface area contributed by atoms with Crippen molar-refractivity contribution in [2.75, 3.05) is 13.7 Å². The van der Waals surface area contributed by atoms with Crippen molar-refractivity contribution in [3.05, 3.63) is 42.0 Å². The second-order valence-corrected chi connectivity index (χ2v) is 5.13. The molecule has 0 aromatic heterocycles. The van der Waals surface area contributed by atoms with Crippen LogP contribution >= 0.6 is 0 Å². The second-order valence-electron chi connectivity index (χ2n) is 5.13. The number of urea groups is 1. The Bertz CT molecular complexity index is 565. The zero-order valence-corrected chi connectivity index (χ0v) is 11.9. The number of carbonyl (C=O) groups excluding carboxylic acids is 2. The average molecular weight is 274 g/mol. The highest BCUT2D eigenvalue weighted by Crippen LogP contribution is 2.30. The molecule has 0 radical (unpaired) electrons. The molecule has 20 heavy (non-hydrogen) atoms. The number of hydrogen-bond donors (Lipinski definition) is 1. The number of nitrogens with one attached hydrogen (secondary N) is 1. The first kappa shape index (κ1) is 14.1. The normalized spacial score (nSPS) is 21.9. The van der Waals surface area contributed by atoms with Crippen LogP contribution in [0.4, 0.5) is 4.79 Å². The van der Waals surface area contributed by atoms with Crippen molar-refractivity contribution in [1.29, 1.82) is 0 Å². The lowest BCUT2D eigenvalue weighted by atomic mass is 9.92. The van der Waals surface area contributed by atoms with Gasteiger partial charge in [0.25, 0.3) is 5.91 Å². The molecule has 1 heterocycles. The maximum atomic E-state index is 12.5. The van der Waals surface area contributed by atoms with Crippen LogP contribution in [0.2, 0.25) is 0 Å². The highest BCUT2D eigenvalue weighted by atomic mass is 16.5.